The molecule has 2 N–H and O–H groups in total. The van der Waals surface area contributed by atoms with Crippen molar-refractivity contribution in [1.82, 2.24) is 25.4 Å². The molecule has 0 atom stereocenters. The minimum Gasteiger partial charge on any atom is -0.494 e. The van der Waals surface area contributed by atoms with Gasteiger partial charge in [-0.2, -0.15) is 0 Å². The number of hydrogen-bond donors (Lipinski definition) is 2. The summed E-state index contributed by atoms with van der Waals surface area (Å²) in [7, 11) is 0. The van der Waals surface area contributed by atoms with Gasteiger partial charge in [0.15, 0.2) is 5.96 Å². The number of ether oxygens (including phenoxy) is 1. The van der Waals surface area contributed by atoms with Crippen molar-refractivity contribution >= 4 is 5.96 Å². The molecule has 0 radical (unpaired) electrons. The summed E-state index contributed by atoms with van der Waals surface area (Å²) in [6.07, 6.45) is 6.75. The molecule has 0 aliphatic carbocycles. The zero-order chi connectivity index (χ0) is 20.3. The van der Waals surface area contributed by atoms with Crippen LogP contribution in [0.1, 0.15) is 56.7 Å². The van der Waals surface area contributed by atoms with Gasteiger partial charge in [-0.05, 0) is 39.2 Å². The number of aryl methyl sites for hydroxylation is 2. The maximum atomic E-state index is 5.70. The molecular weight excluding hydrogens is 364 g/mol. The van der Waals surface area contributed by atoms with Crippen molar-refractivity contribution in [3.63, 3.8) is 0 Å². The minimum absolute atomic E-state index is 0.587. The average Bonchev–Trinajstić information content (AvgIpc) is 2.96. The van der Waals surface area contributed by atoms with E-state index >= 15 is 0 Å². The van der Waals surface area contributed by atoms with Crippen LogP contribution >= 0.6 is 0 Å². The fourth-order valence-electron chi connectivity index (χ4n) is 3.62. The average molecular weight is 399 g/mol. The summed E-state index contributed by atoms with van der Waals surface area (Å²) in [6.45, 7) is 8.07. The number of nitrogens with one attached hydrogen (secondary N) is 2. The van der Waals surface area contributed by atoms with Gasteiger partial charge >= 0.3 is 0 Å². The summed E-state index contributed by atoms with van der Waals surface area (Å²) in [4.78, 5) is 4.73. The number of hydrogen-bond acceptors (Lipinski definition) is 4. The maximum Gasteiger partial charge on any atom is 0.191 e. The second-order valence-corrected chi connectivity index (χ2v) is 7.26. The van der Waals surface area contributed by atoms with Crippen LogP contribution in [0.25, 0.3) is 0 Å². The highest BCUT2D eigenvalue weighted by atomic mass is 16.5. The predicted octanol–water partition coefficient (Wildman–Crippen LogP) is 3.09. The Kier molecular flexibility index (Phi) is 8.34. The number of fused-ring (bicyclic) bond motifs is 1. The van der Waals surface area contributed by atoms with Crippen LogP contribution < -0.4 is 15.4 Å². The van der Waals surface area contributed by atoms with Gasteiger partial charge < -0.3 is 19.9 Å². The summed E-state index contributed by atoms with van der Waals surface area (Å²) < 4.78 is 8.03. The molecule has 0 saturated carbocycles. The van der Waals surface area contributed by atoms with Crippen LogP contribution in [-0.2, 0) is 25.9 Å². The lowest BCUT2D eigenvalue weighted by Gasteiger charge is -2.13. The topological polar surface area (TPSA) is 76.4 Å². The van der Waals surface area contributed by atoms with Gasteiger partial charge in [-0.3, -0.25) is 0 Å². The van der Waals surface area contributed by atoms with E-state index in [1.54, 1.807) is 0 Å². The number of nitrogens with zero attached hydrogens (tertiary/aromatic N) is 4. The first-order valence-electron chi connectivity index (χ1n) is 11.0. The molecule has 0 fully saturated rings. The van der Waals surface area contributed by atoms with Crippen molar-refractivity contribution in [3.8, 4) is 5.75 Å². The largest absolute Gasteiger partial charge is 0.494 e. The van der Waals surface area contributed by atoms with E-state index < -0.39 is 0 Å². The first-order chi connectivity index (χ1) is 14.3. The molecule has 3 rings (SSSR count). The van der Waals surface area contributed by atoms with Crippen LogP contribution in [0.2, 0.25) is 0 Å². The van der Waals surface area contributed by atoms with Crippen LogP contribution in [0.4, 0.5) is 0 Å². The number of benzene rings is 1. The highest BCUT2D eigenvalue weighted by Crippen LogP contribution is 2.18. The molecule has 2 heterocycles. The van der Waals surface area contributed by atoms with Gasteiger partial charge in [0.25, 0.3) is 0 Å². The lowest BCUT2D eigenvalue weighted by Crippen LogP contribution is -2.37. The quantitative estimate of drug-likeness (QED) is 0.386. The Morgan fingerprint density at radius 2 is 2.03 bits per heavy atom. The zero-order valence-electron chi connectivity index (χ0n) is 17.8. The molecular formula is C22H34N6O. The zero-order valence-corrected chi connectivity index (χ0v) is 17.8. The first kappa shape index (κ1) is 21.1. The molecule has 2 aromatic rings. The summed E-state index contributed by atoms with van der Waals surface area (Å²) in [5.41, 5.74) is 1.10. The summed E-state index contributed by atoms with van der Waals surface area (Å²) in [5, 5.41) is 15.6. The Balaban J connectivity index is 1.51. The molecule has 7 nitrogen and oxygen atoms in total. The molecule has 0 unspecified atom stereocenters. The van der Waals surface area contributed by atoms with E-state index in [-0.39, 0.29) is 0 Å². The molecule has 1 aromatic carbocycles. The summed E-state index contributed by atoms with van der Waals surface area (Å²) in [5.74, 6) is 4.02. The van der Waals surface area contributed by atoms with Crippen LogP contribution in [-0.4, -0.2) is 40.4 Å². The van der Waals surface area contributed by atoms with Crippen molar-refractivity contribution < 1.29 is 4.74 Å². The molecule has 0 spiro atoms. The van der Waals surface area contributed by atoms with E-state index in [1.807, 2.05) is 25.1 Å². The molecule has 0 saturated heterocycles. The Morgan fingerprint density at radius 3 is 2.90 bits per heavy atom. The van der Waals surface area contributed by atoms with Crippen LogP contribution in [0.5, 0.6) is 5.75 Å². The van der Waals surface area contributed by atoms with Gasteiger partial charge in [-0.1, -0.05) is 24.6 Å². The van der Waals surface area contributed by atoms with Crippen molar-refractivity contribution in [3.05, 3.63) is 41.5 Å². The molecule has 1 aliphatic rings. The lowest BCUT2D eigenvalue weighted by molar-refractivity contribution is 0.336. The number of rotatable bonds is 9. The second kappa shape index (κ2) is 11.4. The Morgan fingerprint density at radius 1 is 1.14 bits per heavy atom. The van der Waals surface area contributed by atoms with Gasteiger partial charge in [0.1, 0.15) is 17.4 Å². The first-order valence-corrected chi connectivity index (χ1v) is 11.0. The SMILES string of the molecule is CCNC(=NCc1ccccc1OCC)NCCCc1nnc2n1CCCCC2. The molecule has 158 valence electrons. The highest BCUT2D eigenvalue weighted by Gasteiger charge is 2.14. The van der Waals surface area contributed by atoms with E-state index in [4.69, 9.17) is 9.73 Å². The molecule has 1 aromatic heterocycles. The smallest absolute Gasteiger partial charge is 0.191 e. The third-order valence-electron chi connectivity index (χ3n) is 5.08. The molecule has 29 heavy (non-hydrogen) atoms. The third kappa shape index (κ3) is 6.21. The maximum absolute atomic E-state index is 5.70. The molecule has 1 aliphatic heterocycles. The molecule has 7 heteroatoms. The van der Waals surface area contributed by atoms with Gasteiger partial charge in [-0.25, -0.2) is 4.99 Å². The van der Waals surface area contributed by atoms with Gasteiger partial charge in [-0.15, -0.1) is 10.2 Å². The Labute approximate surface area is 174 Å². The van der Waals surface area contributed by atoms with Crippen LogP contribution in [0.15, 0.2) is 29.3 Å². The number of guanidine groups is 1. The van der Waals surface area contributed by atoms with Crippen LogP contribution in [0, 0.1) is 0 Å². The summed E-state index contributed by atoms with van der Waals surface area (Å²) >= 11 is 0. The van der Waals surface area contributed by atoms with Crippen molar-refractivity contribution in [2.75, 3.05) is 19.7 Å². The fraction of sp³-hybridized carbons (Fsp3) is 0.591. The van der Waals surface area contributed by atoms with E-state index in [0.717, 1.165) is 67.8 Å². The van der Waals surface area contributed by atoms with Gasteiger partial charge in [0.2, 0.25) is 0 Å². The van der Waals surface area contributed by atoms with Crippen molar-refractivity contribution in [2.45, 2.75) is 65.5 Å². The predicted molar refractivity (Wildman–Crippen MR) is 116 cm³/mol. The van der Waals surface area contributed by atoms with Crippen molar-refractivity contribution in [1.29, 1.82) is 0 Å². The highest BCUT2D eigenvalue weighted by molar-refractivity contribution is 5.79. The van der Waals surface area contributed by atoms with Gasteiger partial charge in [0.05, 0.1) is 13.2 Å². The number of aromatic nitrogens is 3. The van der Waals surface area contributed by atoms with E-state index in [2.05, 4.69) is 38.4 Å². The second-order valence-electron chi connectivity index (χ2n) is 7.26. The van der Waals surface area contributed by atoms with E-state index in [0.29, 0.717) is 13.2 Å². The lowest BCUT2D eigenvalue weighted by atomic mass is 10.2. The van der Waals surface area contributed by atoms with E-state index in [1.165, 1.54) is 19.3 Å². The Bertz CT molecular complexity index is 785. The fourth-order valence-corrected chi connectivity index (χ4v) is 3.62. The van der Waals surface area contributed by atoms with Crippen LogP contribution in [0.3, 0.4) is 0 Å². The minimum atomic E-state index is 0.587. The van der Waals surface area contributed by atoms with Gasteiger partial charge in [0, 0.05) is 38.0 Å². The third-order valence-corrected chi connectivity index (χ3v) is 5.08. The normalized spacial score (nSPS) is 14.2. The molecule has 0 bridgehead atoms. The number of aliphatic imine (C=N–C) groups is 1. The monoisotopic (exact) mass is 398 g/mol. The van der Waals surface area contributed by atoms with E-state index in [9.17, 15) is 0 Å². The molecule has 0 amide bonds. The van der Waals surface area contributed by atoms with Crippen molar-refractivity contribution in [2.24, 2.45) is 4.99 Å². The summed E-state index contributed by atoms with van der Waals surface area (Å²) in [6, 6.07) is 8.08. The number of para-hydroxylation sites is 1. The Hall–Kier alpha value is -2.57. The standard InChI is InChI=1S/C22H34N6O/c1-3-23-22(25-17-18-11-7-8-12-19(18)29-4-2)24-15-10-14-21-27-26-20-13-6-5-9-16-28(20)21/h7-8,11-12H,3-6,9-10,13-17H2,1-2H3,(H2,23,24,25).